The maximum atomic E-state index is 12.7. The van der Waals surface area contributed by atoms with E-state index in [1.165, 1.54) is 0 Å². The van der Waals surface area contributed by atoms with Gasteiger partial charge in [0.1, 0.15) is 5.69 Å². The molecule has 0 aliphatic carbocycles. The number of aryl methyl sites for hydroxylation is 2. The molecule has 0 bridgehead atoms. The van der Waals surface area contributed by atoms with E-state index in [0.29, 0.717) is 18.8 Å². The number of hydrogen-bond donors (Lipinski definition) is 1. The lowest BCUT2D eigenvalue weighted by Crippen LogP contribution is -2.27. The van der Waals surface area contributed by atoms with Crippen molar-refractivity contribution >= 4 is 16.9 Å². The van der Waals surface area contributed by atoms with Crippen molar-refractivity contribution < 1.29 is 4.79 Å². The van der Waals surface area contributed by atoms with Crippen molar-refractivity contribution in [2.75, 3.05) is 7.05 Å². The average Bonchev–Trinajstić information content (AvgIpc) is 3.27. The molecule has 3 heterocycles. The van der Waals surface area contributed by atoms with Crippen LogP contribution in [0.3, 0.4) is 0 Å². The van der Waals surface area contributed by atoms with Crippen LogP contribution >= 0.6 is 0 Å². The van der Waals surface area contributed by atoms with Gasteiger partial charge in [0.2, 0.25) is 0 Å². The highest BCUT2D eigenvalue weighted by Crippen LogP contribution is 2.12. The summed E-state index contributed by atoms with van der Waals surface area (Å²) in [6.45, 7) is 4.85. The molecule has 28 heavy (non-hydrogen) atoms. The summed E-state index contributed by atoms with van der Waals surface area (Å²) in [7, 11) is 1.73. The number of fused-ring (bicyclic) bond motifs is 1. The van der Waals surface area contributed by atoms with Crippen molar-refractivity contribution in [2.45, 2.75) is 26.9 Å². The molecule has 1 amide bonds. The molecule has 1 N–H and O–H groups in total. The van der Waals surface area contributed by atoms with E-state index in [-0.39, 0.29) is 5.91 Å². The second-order valence-electron chi connectivity index (χ2n) is 6.87. The molecule has 4 aromatic rings. The molecule has 8 nitrogen and oxygen atoms in total. The number of carbonyl (C=O) groups excluding carboxylic acids is 1. The predicted octanol–water partition coefficient (Wildman–Crippen LogP) is 2.49. The fraction of sp³-hybridized carbons (Fsp3) is 0.250. The number of nitrogens with zero attached hydrogens (tertiary/aromatic N) is 6. The normalized spacial score (nSPS) is 11.1. The lowest BCUT2D eigenvalue weighted by molar-refractivity contribution is 0.0777. The summed E-state index contributed by atoms with van der Waals surface area (Å²) in [5.74, 6) is -0.175. The highest BCUT2D eigenvalue weighted by molar-refractivity contribution is 5.92. The fourth-order valence-electron chi connectivity index (χ4n) is 3.13. The minimum absolute atomic E-state index is 0.175. The minimum atomic E-state index is -0.175. The van der Waals surface area contributed by atoms with E-state index < -0.39 is 0 Å². The Kier molecular flexibility index (Phi) is 4.60. The molecule has 0 fully saturated rings. The SMILES string of the molecule is Cc1cc(C)n(Cc2cc(C(=O)N(C)Cc3cnc4ccccc4n3)n[nH]2)n1. The summed E-state index contributed by atoms with van der Waals surface area (Å²) < 4.78 is 1.88. The van der Waals surface area contributed by atoms with Gasteiger partial charge in [0.25, 0.3) is 5.91 Å². The van der Waals surface area contributed by atoms with E-state index in [9.17, 15) is 4.79 Å². The number of benzene rings is 1. The molecular formula is C20H21N7O. The van der Waals surface area contributed by atoms with Crippen LogP contribution in [0.1, 0.15) is 33.3 Å². The number of hydrogen-bond acceptors (Lipinski definition) is 5. The van der Waals surface area contributed by atoms with Crippen LogP contribution in [0.5, 0.6) is 0 Å². The van der Waals surface area contributed by atoms with Gasteiger partial charge < -0.3 is 4.90 Å². The second kappa shape index (κ2) is 7.22. The predicted molar refractivity (Wildman–Crippen MR) is 105 cm³/mol. The summed E-state index contributed by atoms with van der Waals surface area (Å²) in [4.78, 5) is 23.3. The van der Waals surface area contributed by atoms with E-state index in [2.05, 4.69) is 25.3 Å². The standard InChI is InChI=1S/C20H21N7O/c1-13-8-14(2)27(25-13)12-15-9-19(24-23-15)20(28)26(3)11-16-10-21-17-6-4-5-7-18(17)22-16/h4-10H,11-12H2,1-3H3,(H,23,24). The Labute approximate surface area is 162 Å². The Morgan fingerprint density at radius 2 is 1.96 bits per heavy atom. The minimum Gasteiger partial charge on any atom is -0.334 e. The van der Waals surface area contributed by atoms with Crippen LogP contribution < -0.4 is 0 Å². The Balaban J connectivity index is 1.46. The van der Waals surface area contributed by atoms with E-state index in [1.807, 2.05) is 48.9 Å². The number of amides is 1. The summed E-state index contributed by atoms with van der Waals surface area (Å²) in [6.07, 6.45) is 1.70. The Hall–Kier alpha value is -3.55. The third-order valence-corrected chi connectivity index (χ3v) is 4.52. The van der Waals surface area contributed by atoms with E-state index in [0.717, 1.165) is 33.8 Å². The number of aromatic amines is 1. The van der Waals surface area contributed by atoms with Crippen LogP contribution in [0, 0.1) is 13.8 Å². The van der Waals surface area contributed by atoms with Crippen LogP contribution in [0.2, 0.25) is 0 Å². The van der Waals surface area contributed by atoms with Gasteiger partial charge in [-0.15, -0.1) is 0 Å². The largest absolute Gasteiger partial charge is 0.334 e. The Morgan fingerprint density at radius 3 is 2.71 bits per heavy atom. The third kappa shape index (κ3) is 3.62. The molecule has 3 aromatic heterocycles. The number of nitrogens with one attached hydrogen (secondary N) is 1. The zero-order valence-corrected chi connectivity index (χ0v) is 16.0. The van der Waals surface area contributed by atoms with Crippen LogP contribution in [-0.4, -0.2) is 47.8 Å². The number of aromatic nitrogens is 6. The van der Waals surface area contributed by atoms with Crippen molar-refractivity contribution in [2.24, 2.45) is 0 Å². The molecule has 0 saturated heterocycles. The fourth-order valence-corrected chi connectivity index (χ4v) is 3.13. The van der Waals surface area contributed by atoms with Gasteiger partial charge >= 0.3 is 0 Å². The first kappa shape index (κ1) is 17.8. The Morgan fingerprint density at radius 1 is 1.18 bits per heavy atom. The number of H-pyrrole nitrogens is 1. The van der Waals surface area contributed by atoms with Crippen LogP contribution in [0.4, 0.5) is 0 Å². The van der Waals surface area contributed by atoms with E-state index in [1.54, 1.807) is 24.2 Å². The maximum Gasteiger partial charge on any atom is 0.274 e. The molecule has 1 aromatic carbocycles. The summed E-state index contributed by atoms with van der Waals surface area (Å²) in [5, 5.41) is 11.5. The summed E-state index contributed by atoms with van der Waals surface area (Å²) in [5.41, 5.74) is 5.60. The Bertz CT molecular complexity index is 1140. The first-order chi connectivity index (χ1) is 13.5. The zero-order valence-electron chi connectivity index (χ0n) is 16.0. The molecular weight excluding hydrogens is 354 g/mol. The quantitative estimate of drug-likeness (QED) is 0.578. The highest BCUT2D eigenvalue weighted by atomic mass is 16.2. The third-order valence-electron chi connectivity index (χ3n) is 4.52. The van der Waals surface area contributed by atoms with Crippen molar-refractivity contribution in [1.82, 2.24) is 34.8 Å². The molecule has 0 radical (unpaired) electrons. The molecule has 0 saturated carbocycles. The van der Waals surface area contributed by atoms with Gasteiger partial charge in [-0.3, -0.25) is 19.6 Å². The van der Waals surface area contributed by atoms with Crippen LogP contribution in [0.25, 0.3) is 11.0 Å². The van der Waals surface area contributed by atoms with Gasteiger partial charge in [-0.2, -0.15) is 10.2 Å². The first-order valence-electron chi connectivity index (χ1n) is 9.01. The van der Waals surface area contributed by atoms with Crippen molar-refractivity contribution in [3.8, 4) is 0 Å². The van der Waals surface area contributed by atoms with Gasteiger partial charge in [-0.25, -0.2) is 4.98 Å². The van der Waals surface area contributed by atoms with Gasteiger partial charge in [-0.05, 0) is 38.1 Å². The van der Waals surface area contributed by atoms with Gasteiger partial charge in [0.05, 0.1) is 47.4 Å². The summed E-state index contributed by atoms with van der Waals surface area (Å²) >= 11 is 0. The molecule has 0 unspecified atom stereocenters. The first-order valence-corrected chi connectivity index (χ1v) is 9.01. The topological polar surface area (TPSA) is 92.6 Å². The number of rotatable bonds is 5. The van der Waals surface area contributed by atoms with E-state index in [4.69, 9.17) is 0 Å². The lowest BCUT2D eigenvalue weighted by atomic mass is 10.3. The van der Waals surface area contributed by atoms with Crippen molar-refractivity contribution in [3.05, 3.63) is 71.1 Å². The smallest absolute Gasteiger partial charge is 0.274 e. The zero-order chi connectivity index (χ0) is 19.7. The van der Waals surface area contributed by atoms with Crippen molar-refractivity contribution in [3.63, 3.8) is 0 Å². The van der Waals surface area contributed by atoms with Gasteiger partial charge in [-0.1, -0.05) is 12.1 Å². The van der Waals surface area contributed by atoms with Crippen LogP contribution in [0.15, 0.2) is 42.6 Å². The number of para-hydroxylation sites is 2. The average molecular weight is 375 g/mol. The van der Waals surface area contributed by atoms with Gasteiger partial charge in [0.15, 0.2) is 0 Å². The molecule has 142 valence electrons. The molecule has 0 aliphatic rings. The number of carbonyl (C=O) groups is 1. The lowest BCUT2D eigenvalue weighted by Gasteiger charge is -2.15. The summed E-state index contributed by atoms with van der Waals surface area (Å²) in [6, 6.07) is 11.4. The molecule has 4 rings (SSSR count). The van der Waals surface area contributed by atoms with Gasteiger partial charge in [0, 0.05) is 12.7 Å². The van der Waals surface area contributed by atoms with Crippen LogP contribution in [-0.2, 0) is 13.1 Å². The molecule has 0 aliphatic heterocycles. The maximum absolute atomic E-state index is 12.7. The molecule has 0 atom stereocenters. The van der Waals surface area contributed by atoms with E-state index >= 15 is 0 Å². The highest BCUT2D eigenvalue weighted by Gasteiger charge is 2.17. The molecule has 8 heteroatoms. The second-order valence-corrected chi connectivity index (χ2v) is 6.87. The molecule has 0 spiro atoms. The monoisotopic (exact) mass is 375 g/mol. The van der Waals surface area contributed by atoms with Crippen molar-refractivity contribution in [1.29, 1.82) is 0 Å².